The SMILES string of the molecule is COc1ccc(C(=O)N2C[C@@H](NS(C)(=O)=O)C[C@H]2c2nc(-c3ccccc3)n[nH]2)cn1. The number of benzene rings is 1. The Morgan fingerprint density at radius 1 is 1.23 bits per heavy atom. The average Bonchev–Trinajstić information content (AvgIpc) is 3.40. The number of likely N-dealkylation sites (tertiary alicyclic amines) is 1. The second-order valence-electron chi connectivity index (χ2n) is 7.30. The van der Waals surface area contributed by atoms with Crippen molar-refractivity contribution in [3.8, 4) is 17.3 Å². The normalized spacial score (nSPS) is 18.8. The van der Waals surface area contributed by atoms with Gasteiger partial charge in [0.15, 0.2) is 5.82 Å². The first-order valence-corrected chi connectivity index (χ1v) is 11.5. The summed E-state index contributed by atoms with van der Waals surface area (Å²) in [4.78, 5) is 23.5. The van der Waals surface area contributed by atoms with Crippen molar-refractivity contribution in [1.82, 2.24) is 29.8 Å². The van der Waals surface area contributed by atoms with E-state index >= 15 is 0 Å². The summed E-state index contributed by atoms with van der Waals surface area (Å²) in [5.41, 5.74) is 1.21. The van der Waals surface area contributed by atoms with Gasteiger partial charge in [0.2, 0.25) is 15.9 Å². The standard InChI is InChI=1S/C20H22N6O4S/c1-30-17-9-8-14(11-21-17)20(27)26-12-15(25-31(2,28)29)10-16(26)19-22-18(23-24-19)13-6-4-3-5-7-13/h3-9,11,15-16,25H,10,12H2,1-2H3,(H,22,23,24)/t15-,16-/m0/s1. The smallest absolute Gasteiger partial charge is 0.256 e. The van der Waals surface area contributed by atoms with E-state index in [4.69, 9.17) is 4.74 Å². The van der Waals surface area contributed by atoms with Gasteiger partial charge in [-0.1, -0.05) is 30.3 Å². The van der Waals surface area contributed by atoms with Crippen LogP contribution in [-0.4, -0.2) is 65.3 Å². The zero-order valence-electron chi connectivity index (χ0n) is 17.0. The number of carbonyl (C=O) groups is 1. The number of hydrogen-bond acceptors (Lipinski definition) is 7. The first-order chi connectivity index (χ1) is 14.8. The van der Waals surface area contributed by atoms with Crippen LogP contribution in [0.15, 0.2) is 48.7 Å². The summed E-state index contributed by atoms with van der Waals surface area (Å²) < 4.78 is 31.2. The quantitative estimate of drug-likeness (QED) is 0.590. The van der Waals surface area contributed by atoms with E-state index in [2.05, 4.69) is 24.9 Å². The summed E-state index contributed by atoms with van der Waals surface area (Å²) in [6.45, 7) is 0.198. The van der Waals surface area contributed by atoms with Crippen LogP contribution < -0.4 is 9.46 Å². The lowest BCUT2D eigenvalue weighted by atomic mass is 10.1. The number of sulfonamides is 1. The van der Waals surface area contributed by atoms with Crippen LogP contribution in [-0.2, 0) is 10.0 Å². The minimum Gasteiger partial charge on any atom is -0.481 e. The molecule has 0 saturated carbocycles. The molecule has 3 heterocycles. The molecule has 1 aliphatic rings. The highest BCUT2D eigenvalue weighted by Gasteiger charge is 2.39. The van der Waals surface area contributed by atoms with Crippen molar-refractivity contribution < 1.29 is 17.9 Å². The van der Waals surface area contributed by atoms with E-state index in [1.807, 2.05) is 30.3 Å². The second kappa shape index (κ2) is 8.44. The molecule has 1 saturated heterocycles. The molecule has 1 fully saturated rings. The Labute approximate surface area is 179 Å². The lowest BCUT2D eigenvalue weighted by molar-refractivity contribution is 0.0727. The molecule has 0 radical (unpaired) electrons. The fourth-order valence-corrected chi connectivity index (χ4v) is 4.42. The number of carbonyl (C=O) groups excluding carboxylic acids is 1. The van der Waals surface area contributed by atoms with Crippen molar-refractivity contribution in [2.45, 2.75) is 18.5 Å². The van der Waals surface area contributed by atoms with Gasteiger partial charge in [-0.2, -0.15) is 5.10 Å². The third-order valence-corrected chi connectivity index (χ3v) is 5.75. The Morgan fingerprint density at radius 3 is 2.65 bits per heavy atom. The number of nitrogens with zero attached hydrogens (tertiary/aromatic N) is 4. The van der Waals surface area contributed by atoms with Gasteiger partial charge >= 0.3 is 0 Å². The van der Waals surface area contributed by atoms with E-state index in [1.165, 1.54) is 13.3 Å². The highest BCUT2D eigenvalue weighted by molar-refractivity contribution is 7.88. The van der Waals surface area contributed by atoms with Crippen molar-refractivity contribution in [1.29, 1.82) is 0 Å². The third-order valence-electron chi connectivity index (χ3n) is 4.99. The molecule has 2 aromatic heterocycles. The van der Waals surface area contributed by atoms with Gasteiger partial charge in [-0.05, 0) is 12.5 Å². The average molecular weight is 443 g/mol. The Kier molecular flexibility index (Phi) is 5.70. The summed E-state index contributed by atoms with van der Waals surface area (Å²) in [6, 6.07) is 11.8. The maximum Gasteiger partial charge on any atom is 0.256 e. The van der Waals surface area contributed by atoms with Gasteiger partial charge < -0.3 is 9.64 Å². The van der Waals surface area contributed by atoms with E-state index in [9.17, 15) is 13.2 Å². The highest BCUT2D eigenvalue weighted by Crippen LogP contribution is 2.33. The number of methoxy groups -OCH3 is 1. The van der Waals surface area contributed by atoms with Crippen LogP contribution in [0.4, 0.5) is 0 Å². The van der Waals surface area contributed by atoms with Gasteiger partial charge in [-0.15, -0.1) is 0 Å². The van der Waals surface area contributed by atoms with Gasteiger partial charge in [-0.3, -0.25) is 9.89 Å². The number of hydrogen-bond donors (Lipinski definition) is 2. The molecule has 11 heteroatoms. The molecule has 0 bridgehead atoms. The molecule has 2 N–H and O–H groups in total. The molecule has 10 nitrogen and oxygen atoms in total. The van der Waals surface area contributed by atoms with Crippen molar-refractivity contribution in [3.05, 3.63) is 60.0 Å². The Bertz CT molecular complexity index is 1160. The topological polar surface area (TPSA) is 130 Å². The Balaban J connectivity index is 1.64. The van der Waals surface area contributed by atoms with Crippen molar-refractivity contribution in [2.24, 2.45) is 0 Å². The predicted molar refractivity (Wildman–Crippen MR) is 113 cm³/mol. The number of aromatic nitrogens is 4. The fourth-order valence-electron chi connectivity index (χ4n) is 3.64. The summed E-state index contributed by atoms with van der Waals surface area (Å²) in [5, 5.41) is 7.19. The number of nitrogens with one attached hydrogen (secondary N) is 2. The summed E-state index contributed by atoms with van der Waals surface area (Å²) >= 11 is 0. The van der Waals surface area contributed by atoms with Crippen LogP contribution in [0.2, 0.25) is 0 Å². The van der Waals surface area contributed by atoms with Gasteiger partial charge in [-0.25, -0.2) is 23.1 Å². The molecular formula is C20H22N6O4S. The summed E-state index contributed by atoms with van der Waals surface area (Å²) in [7, 11) is -1.94. The van der Waals surface area contributed by atoms with E-state index < -0.39 is 22.1 Å². The third kappa shape index (κ3) is 4.72. The number of pyridine rings is 1. The first kappa shape index (κ1) is 20.9. The van der Waals surface area contributed by atoms with Crippen LogP contribution in [0, 0.1) is 0 Å². The molecule has 1 aliphatic heterocycles. The predicted octanol–water partition coefficient (Wildman–Crippen LogP) is 1.38. The number of rotatable bonds is 6. The molecule has 4 rings (SSSR count). The molecule has 162 valence electrons. The van der Waals surface area contributed by atoms with E-state index in [-0.39, 0.29) is 12.5 Å². The molecule has 1 amide bonds. The van der Waals surface area contributed by atoms with Crippen molar-refractivity contribution in [3.63, 3.8) is 0 Å². The molecule has 0 aliphatic carbocycles. The molecule has 31 heavy (non-hydrogen) atoms. The van der Waals surface area contributed by atoms with Crippen LogP contribution in [0.3, 0.4) is 0 Å². The van der Waals surface area contributed by atoms with E-state index in [1.54, 1.807) is 17.0 Å². The fraction of sp³-hybridized carbons (Fsp3) is 0.300. The van der Waals surface area contributed by atoms with Crippen LogP contribution in [0.5, 0.6) is 5.88 Å². The molecule has 1 aromatic carbocycles. The van der Waals surface area contributed by atoms with Gasteiger partial charge in [0, 0.05) is 30.4 Å². The Hall–Kier alpha value is -3.31. The number of aromatic amines is 1. The van der Waals surface area contributed by atoms with Crippen LogP contribution in [0.25, 0.3) is 11.4 Å². The van der Waals surface area contributed by atoms with E-state index in [0.717, 1.165) is 11.8 Å². The molecule has 2 atom stereocenters. The monoisotopic (exact) mass is 442 g/mol. The lowest BCUT2D eigenvalue weighted by Gasteiger charge is -2.22. The highest BCUT2D eigenvalue weighted by atomic mass is 32.2. The molecule has 0 unspecified atom stereocenters. The zero-order valence-corrected chi connectivity index (χ0v) is 17.8. The van der Waals surface area contributed by atoms with E-state index in [0.29, 0.717) is 29.5 Å². The van der Waals surface area contributed by atoms with Gasteiger partial charge in [0.25, 0.3) is 5.91 Å². The number of amides is 1. The van der Waals surface area contributed by atoms with Crippen molar-refractivity contribution >= 4 is 15.9 Å². The molecular weight excluding hydrogens is 420 g/mol. The maximum absolute atomic E-state index is 13.2. The summed E-state index contributed by atoms with van der Waals surface area (Å²) in [5.74, 6) is 1.12. The largest absolute Gasteiger partial charge is 0.481 e. The molecule has 3 aromatic rings. The number of H-pyrrole nitrogens is 1. The minimum absolute atomic E-state index is 0.198. The maximum atomic E-state index is 13.2. The zero-order chi connectivity index (χ0) is 22.0. The second-order valence-corrected chi connectivity index (χ2v) is 9.08. The Morgan fingerprint density at radius 2 is 2.00 bits per heavy atom. The van der Waals surface area contributed by atoms with Gasteiger partial charge in [0.1, 0.15) is 5.82 Å². The molecule has 0 spiro atoms. The lowest BCUT2D eigenvalue weighted by Crippen LogP contribution is -2.38. The number of ether oxygens (including phenoxy) is 1. The summed E-state index contributed by atoms with van der Waals surface area (Å²) in [6.07, 6.45) is 2.90. The first-order valence-electron chi connectivity index (χ1n) is 9.60. The van der Waals surface area contributed by atoms with Crippen molar-refractivity contribution in [2.75, 3.05) is 19.9 Å². The van der Waals surface area contributed by atoms with Gasteiger partial charge in [0.05, 0.1) is 25.0 Å². The van der Waals surface area contributed by atoms with Crippen LogP contribution in [0.1, 0.15) is 28.6 Å². The van der Waals surface area contributed by atoms with Crippen LogP contribution >= 0.6 is 0 Å². The minimum atomic E-state index is -3.44.